The first-order valence-corrected chi connectivity index (χ1v) is 3.06. The lowest BCUT2D eigenvalue weighted by Crippen LogP contribution is -2.23. The Balaban J connectivity index is 3.76. The molecule has 0 N–H and O–H groups in total. The number of hydrogen-bond acceptors (Lipinski definition) is 2. The van der Waals surface area contributed by atoms with Gasteiger partial charge in [0.1, 0.15) is 6.42 Å². The zero-order valence-electron chi connectivity index (χ0n) is 5.36. The van der Waals surface area contributed by atoms with E-state index in [2.05, 4.69) is 4.74 Å². The summed E-state index contributed by atoms with van der Waals surface area (Å²) in [7, 11) is 1.05. The highest BCUT2D eigenvalue weighted by atomic mass is 35.5. The molecule has 0 fully saturated rings. The molecule has 60 valence electrons. The van der Waals surface area contributed by atoms with Gasteiger partial charge < -0.3 is 4.74 Å². The first kappa shape index (κ1) is 9.62. The van der Waals surface area contributed by atoms with E-state index < -0.39 is 24.2 Å². The molecule has 0 saturated carbocycles. The molecule has 5 heteroatoms. The Morgan fingerprint density at radius 1 is 1.70 bits per heavy atom. The van der Waals surface area contributed by atoms with E-state index in [1.165, 1.54) is 0 Å². The van der Waals surface area contributed by atoms with Crippen LogP contribution in [0.3, 0.4) is 0 Å². The van der Waals surface area contributed by atoms with E-state index in [1.807, 2.05) is 0 Å². The van der Waals surface area contributed by atoms with Crippen LogP contribution in [0.1, 0.15) is 6.42 Å². The molecule has 0 aromatic carbocycles. The summed E-state index contributed by atoms with van der Waals surface area (Å²) < 4.78 is 28.3. The number of esters is 1. The highest BCUT2D eigenvalue weighted by Crippen LogP contribution is 2.19. The number of carbonyl (C=O) groups is 1. The molecule has 0 amide bonds. The summed E-state index contributed by atoms with van der Waals surface area (Å²) in [6, 6.07) is 0. The standard InChI is InChI=1S/C5H7ClF2O2/c1-10-4(9)2-5(7,8)3-6/h2-3H2,1H3. The van der Waals surface area contributed by atoms with Crippen molar-refractivity contribution < 1.29 is 18.3 Å². The SMILES string of the molecule is COC(=O)CC(F)(F)CCl. The van der Waals surface area contributed by atoms with Gasteiger partial charge in [-0.25, -0.2) is 8.78 Å². The van der Waals surface area contributed by atoms with Gasteiger partial charge >= 0.3 is 5.97 Å². The minimum Gasteiger partial charge on any atom is -0.469 e. The van der Waals surface area contributed by atoms with Crippen LogP contribution in [0.25, 0.3) is 0 Å². The molecule has 0 aromatic heterocycles. The van der Waals surface area contributed by atoms with E-state index >= 15 is 0 Å². The van der Waals surface area contributed by atoms with Crippen LogP contribution in [0.4, 0.5) is 8.78 Å². The van der Waals surface area contributed by atoms with Gasteiger partial charge in [-0.2, -0.15) is 0 Å². The van der Waals surface area contributed by atoms with Gasteiger partial charge in [0.15, 0.2) is 0 Å². The Kier molecular flexibility index (Phi) is 3.57. The van der Waals surface area contributed by atoms with Gasteiger partial charge in [0.25, 0.3) is 5.92 Å². The molecule has 0 atom stereocenters. The average Bonchev–Trinajstić information content (AvgIpc) is 1.87. The van der Waals surface area contributed by atoms with Crippen molar-refractivity contribution in [3.05, 3.63) is 0 Å². The number of halogens is 3. The van der Waals surface area contributed by atoms with Crippen LogP contribution >= 0.6 is 11.6 Å². The van der Waals surface area contributed by atoms with Gasteiger partial charge in [0.05, 0.1) is 13.0 Å². The second-order valence-electron chi connectivity index (χ2n) is 1.74. The molecular weight excluding hydrogens is 166 g/mol. The zero-order valence-corrected chi connectivity index (χ0v) is 6.12. The number of alkyl halides is 3. The Morgan fingerprint density at radius 2 is 2.20 bits per heavy atom. The molecule has 0 aromatic rings. The van der Waals surface area contributed by atoms with Crippen LogP contribution in [0.15, 0.2) is 0 Å². The third kappa shape index (κ3) is 3.61. The number of rotatable bonds is 3. The van der Waals surface area contributed by atoms with Crippen molar-refractivity contribution in [2.75, 3.05) is 13.0 Å². The maximum Gasteiger partial charge on any atom is 0.311 e. The quantitative estimate of drug-likeness (QED) is 0.476. The molecule has 0 bridgehead atoms. The first-order valence-electron chi connectivity index (χ1n) is 2.52. The maximum absolute atomic E-state index is 12.2. The lowest BCUT2D eigenvalue weighted by atomic mass is 10.3. The number of carbonyl (C=O) groups excluding carboxylic acids is 1. The highest BCUT2D eigenvalue weighted by Gasteiger charge is 2.31. The number of ether oxygens (including phenoxy) is 1. The van der Waals surface area contributed by atoms with Crippen molar-refractivity contribution in [2.24, 2.45) is 0 Å². The van der Waals surface area contributed by atoms with Crippen LogP contribution in [-0.2, 0) is 9.53 Å². The fourth-order valence-corrected chi connectivity index (χ4v) is 0.425. The van der Waals surface area contributed by atoms with Crippen molar-refractivity contribution >= 4 is 17.6 Å². The van der Waals surface area contributed by atoms with E-state index in [0.717, 1.165) is 7.11 Å². The molecule has 0 aliphatic rings. The predicted molar refractivity (Wildman–Crippen MR) is 32.3 cm³/mol. The highest BCUT2D eigenvalue weighted by molar-refractivity contribution is 6.18. The minimum absolute atomic E-state index is 0.859. The van der Waals surface area contributed by atoms with Crippen molar-refractivity contribution in [3.8, 4) is 0 Å². The second-order valence-corrected chi connectivity index (χ2v) is 2.01. The number of hydrogen-bond donors (Lipinski definition) is 0. The van der Waals surface area contributed by atoms with E-state index in [4.69, 9.17) is 11.6 Å². The fraction of sp³-hybridized carbons (Fsp3) is 0.800. The van der Waals surface area contributed by atoms with Gasteiger partial charge in [0, 0.05) is 0 Å². The van der Waals surface area contributed by atoms with Crippen molar-refractivity contribution in [1.29, 1.82) is 0 Å². The molecule has 0 saturated heterocycles. The first-order chi connectivity index (χ1) is 4.52. The summed E-state index contributed by atoms with van der Waals surface area (Å²) >= 11 is 4.84. The third-order valence-electron chi connectivity index (χ3n) is 0.826. The second kappa shape index (κ2) is 3.71. The molecule has 10 heavy (non-hydrogen) atoms. The molecular formula is C5H7ClF2O2. The lowest BCUT2D eigenvalue weighted by molar-refractivity contribution is -0.147. The summed E-state index contributed by atoms with van der Waals surface area (Å²) in [6.07, 6.45) is -0.951. The number of methoxy groups -OCH3 is 1. The van der Waals surface area contributed by atoms with Gasteiger partial charge in [-0.15, -0.1) is 11.6 Å². The van der Waals surface area contributed by atoms with E-state index in [9.17, 15) is 13.6 Å². The summed E-state index contributed by atoms with van der Waals surface area (Å²) in [5.74, 6) is -4.96. The Labute approximate surface area is 62.1 Å². The summed E-state index contributed by atoms with van der Waals surface area (Å²) in [5.41, 5.74) is 0. The summed E-state index contributed by atoms with van der Waals surface area (Å²) in [6.45, 7) is 0. The molecule has 0 aliphatic heterocycles. The fourth-order valence-electron chi connectivity index (χ4n) is 0.331. The smallest absolute Gasteiger partial charge is 0.311 e. The topological polar surface area (TPSA) is 26.3 Å². The van der Waals surface area contributed by atoms with Crippen LogP contribution in [-0.4, -0.2) is 24.9 Å². The third-order valence-corrected chi connectivity index (χ3v) is 1.22. The van der Waals surface area contributed by atoms with Crippen LogP contribution < -0.4 is 0 Å². The van der Waals surface area contributed by atoms with Crippen LogP contribution in [0, 0.1) is 0 Å². The van der Waals surface area contributed by atoms with Crippen molar-refractivity contribution in [1.82, 2.24) is 0 Å². The maximum atomic E-state index is 12.2. The van der Waals surface area contributed by atoms with Gasteiger partial charge in [0.2, 0.25) is 0 Å². The van der Waals surface area contributed by atoms with Gasteiger partial charge in [-0.05, 0) is 0 Å². The Bertz CT molecular complexity index is 127. The van der Waals surface area contributed by atoms with Crippen molar-refractivity contribution in [2.45, 2.75) is 12.3 Å². The molecule has 0 radical (unpaired) electrons. The predicted octanol–water partition coefficient (Wildman–Crippen LogP) is 1.42. The zero-order chi connectivity index (χ0) is 8.20. The molecule has 2 nitrogen and oxygen atoms in total. The van der Waals surface area contributed by atoms with Gasteiger partial charge in [-0.1, -0.05) is 0 Å². The van der Waals surface area contributed by atoms with E-state index in [-0.39, 0.29) is 0 Å². The van der Waals surface area contributed by atoms with E-state index in [0.29, 0.717) is 0 Å². The van der Waals surface area contributed by atoms with E-state index in [1.54, 1.807) is 0 Å². The molecule has 0 spiro atoms. The molecule has 0 aliphatic carbocycles. The van der Waals surface area contributed by atoms with Gasteiger partial charge in [-0.3, -0.25) is 4.79 Å². The summed E-state index contributed by atoms with van der Waals surface area (Å²) in [5, 5.41) is 0. The van der Waals surface area contributed by atoms with Crippen molar-refractivity contribution in [3.63, 3.8) is 0 Å². The lowest BCUT2D eigenvalue weighted by Gasteiger charge is -2.09. The molecule has 0 heterocycles. The summed E-state index contributed by atoms with van der Waals surface area (Å²) in [4.78, 5) is 10.2. The minimum atomic E-state index is -3.14. The Morgan fingerprint density at radius 3 is 2.50 bits per heavy atom. The van der Waals surface area contributed by atoms with Crippen LogP contribution in [0.5, 0.6) is 0 Å². The van der Waals surface area contributed by atoms with Crippen LogP contribution in [0.2, 0.25) is 0 Å². The molecule has 0 unspecified atom stereocenters. The largest absolute Gasteiger partial charge is 0.469 e. The average molecular weight is 173 g/mol. The monoisotopic (exact) mass is 172 g/mol. The normalized spacial score (nSPS) is 11.2. The molecule has 0 rings (SSSR count). The Hall–Kier alpha value is -0.380.